The lowest BCUT2D eigenvalue weighted by atomic mass is 10.0. The highest BCUT2D eigenvalue weighted by atomic mass is 16.2. The molecule has 0 heterocycles. The Kier molecular flexibility index (Phi) is 7.85. The molecule has 1 saturated carbocycles. The Morgan fingerprint density at radius 1 is 1.03 bits per heavy atom. The van der Waals surface area contributed by atoms with Gasteiger partial charge in [-0.2, -0.15) is 0 Å². The first-order valence-electron chi connectivity index (χ1n) is 11.4. The van der Waals surface area contributed by atoms with Gasteiger partial charge in [0, 0.05) is 36.9 Å². The molecule has 0 unspecified atom stereocenters. The Balaban J connectivity index is 1.62. The molecule has 31 heavy (non-hydrogen) atoms. The van der Waals surface area contributed by atoms with Crippen molar-refractivity contribution < 1.29 is 9.59 Å². The second kappa shape index (κ2) is 10.6. The Hall–Kier alpha value is -2.66. The van der Waals surface area contributed by atoms with Crippen molar-refractivity contribution in [3.8, 4) is 0 Å². The summed E-state index contributed by atoms with van der Waals surface area (Å²) >= 11 is 0. The Bertz CT molecular complexity index is 884. The lowest BCUT2D eigenvalue weighted by Crippen LogP contribution is -2.34. The molecule has 0 atom stereocenters. The van der Waals surface area contributed by atoms with E-state index in [0.29, 0.717) is 42.8 Å². The normalized spacial score (nSPS) is 13.5. The molecule has 0 bridgehead atoms. The predicted molar refractivity (Wildman–Crippen MR) is 126 cm³/mol. The van der Waals surface area contributed by atoms with Crippen molar-refractivity contribution in [1.82, 2.24) is 9.80 Å². The van der Waals surface area contributed by atoms with Crippen molar-refractivity contribution in [2.75, 3.05) is 25.0 Å². The summed E-state index contributed by atoms with van der Waals surface area (Å²) in [4.78, 5) is 29.4. The highest BCUT2D eigenvalue weighted by molar-refractivity contribution is 5.97. The molecule has 0 aliphatic heterocycles. The van der Waals surface area contributed by atoms with Crippen molar-refractivity contribution in [2.24, 2.45) is 0 Å². The molecule has 0 radical (unpaired) electrons. The van der Waals surface area contributed by atoms with E-state index in [9.17, 15) is 9.59 Å². The van der Waals surface area contributed by atoms with E-state index in [2.05, 4.69) is 48.3 Å². The molecule has 1 fully saturated rings. The van der Waals surface area contributed by atoms with Crippen LogP contribution in [-0.2, 0) is 11.3 Å². The molecule has 2 amide bonds. The maximum Gasteiger partial charge on any atom is 0.253 e. The smallest absolute Gasteiger partial charge is 0.253 e. The maximum absolute atomic E-state index is 12.8. The van der Waals surface area contributed by atoms with Crippen LogP contribution in [0.25, 0.3) is 0 Å². The van der Waals surface area contributed by atoms with Gasteiger partial charge in [0.2, 0.25) is 5.91 Å². The van der Waals surface area contributed by atoms with Gasteiger partial charge in [-0.05, 0) is 61.9 Å². The van der Waals surface area contributed by atoms with Crippen molar-refractivity contribution in [2.45, 2.75) is 59.0 Å². The van der Waals surface area contributed by atoms with Gasteiger partial charge in [0.1, 0.15) is 0 Å². The molecule has 0 saturated heterocycles. The fourth-order valence-electron chi connectivity index (χ4n) is 3.80. The number of rotatable bonds is 10. The lowest BCUT2D eigenvalue weighted by Gasteiger charge is -2.22. The Morgan fingerprint density at radius 2 is 1.71 bits per heavy atom. The van der Waals surface area contributed by atoms with Gasteiger partial charge in [-0.3, -0.25) is 14.5 Å². The molecule has 0 spiro atoms. The summed E-state index contributed by atoms with van der Waals surface area (Å²) < 4.78 is 0. The summed E-state index contributed by atoms with van der Waals surface area (Å²) in [5, 5.41) is 2.98. The number of amides is 2. The van der Waals surface area contributed by atoms with E-state index in [1.54, 1.807) is 17.0 Å². The third-order valence-corrected chi connectivity index (χ3v) is 5.89. The second-order valence-corrected chi connectivity index (χ2v) is 8.64. The van der Waals surface area contributed by atoms with Crippen LogP contribution in [0, 0.1) is 0 Å². The van der Waals surface area contributed by atoms with Crippen molar-refractivity contribution >= 4 is 17.5 Å². The largest absolute Gasteiger partial charge is 0.339 e. The number of nitrogens with zero attached hydrogens (tertiary/aromatic N) is 2. The van der Waals surface area contributed by atoms with Crippen LogP contribution in [-0.4, -0.2) is 47.3 Å². The molecule has 1 aliphatic carbocycles. The van der Waals surface area contributed by atoms with E-state index in [0.717, 1.165) is 19.4 Å². The highest BCUT2D eigenvalue weighted by Gasteiger charge is 2.30. The minimum atomic E-state index is -0.0434. The van der Waals surface area contributed by atoms with Gasteiger partial charge < -0.3 is 10.2 Å². The molecule has 5 nitrogen and oxygen atoms in total. The van der Waals surface area contributed by atoms with E-state index in [4.69, 9.17) is 0 Å². The van der Waals surface area contributed by atoms with E-state index in [-0.39, 0.29) is 11.8 Å². The van der Waals surface area contributed by atoms with Gasteiger partial charge in [0.15, 0.2) is 0 Å². The van der Waals surface area contributed by atoms with Gasteiger partial charge in [-0.15, -0.1) is 0 Å². The minimum Gasteiger partial charge on any atom is -0.339 e. The fraction of sp³-hybridized carbons (Fsp3) is 0.462. The SMILES string of the molecule is CCN(CC)C(=O)c1cccc(NC(=O)CN(Cc2ccc(C(C)C)cc2)C2CC2)c1. The maximum atomic E-state index is 12.8. The molecular formula is C26H35N3O2. The van der Waals surface area contributed by atoms with Crippen LogP contribution in [0.2, 0.25) is 0 Å². The van der Waals surface area contributed by atoms with Crippen LogP contribution in [0.3, 0.4) is 0 Å². The van der Waals surface area contributed by atoms with Gasteiger partial charge in [0.05, 0.1) is 6.54 Å². The number of hydrogen-bond donors (Lipinski definition) is 1. The molecule has 1 aliphatic rings. The van der Waals surface area contributed by atoms with Gasteiger partial charge in [-0.25, -0.2) is 0 Å². The third-order valence-electron chi connectivity index (χ3n) is 5.89. The standard InChI is InChI=1S/C26H35N3O2/c1-5-28(6-2)26(31)22-8-7-9-23(16-22)27-25(30)18-29(24-14-15-24)17-20-10-12-21(13-11-20)19(3)4/h7-13,16,19,24H,5-6,14-15,17-18H2,1-4H3,(H,27,30). The van der Waals surface area contributed by atoms with Gasteiger partial charge in [-0.1, -0.05) is 44.2 Å². The number of anilines is 1. The Morgan fingerprint density at radius 3 is 2.29 bits per heavy atom. The minimum absolute atomic E-state index is 0.00875. The first-order valence-corrected chi connectivity index (χ1v) is 11.4. The molecule has 2 aromatic rings. The summed E-state index contributed by atoms with van der Waals surface area (Å²) in [5.41, 5.74) is 3.83. The third kappa shape index (κ3) is 6.41. The molecule has 0 aromatic heterocycles. The summed E-state index contributed by atoms with van der Waals surface area (Å²) in [6, 6.07) is 16.4. The predicted octanol–water partition coefficient (Wildman–Crippen LogP) is 4.90. The topological polar surface area (TPSA) is 52.7 Å². The summed E-state index contributed by atoms with van der Waals surface area (Å²) in [6.45, 7) is 10.8. The number of carbonyl (C=O) groups excluding carboxylic acids is 2. The number of carbonyl (C=O) groups is 2. The van der Waals surface area contributed by atoms with Crippen LogP contribution in [0.15, 0.2) is 48.5 Å². The quantitative estimate of drug-likeness (QED) is 0.594. The van der Waals surface area contributed by atoms with Gasteiger partial charge in [0.25, 0.3) is 5.91 Å². The molecule has 1 N–H and O–H groups in total. The highest BCUT2D eigenvalue weighted by Crippen LogP contribution is 2.28. The molecule has 2 aromatic carbocycles. The number of hydrogen-bond acceptors (Lipinski definition) is 3. The number of nitrogens with one attached hydrogen (secondary N) is 1. The molecule has 5 heteroatoms. The second-order valence-electron chi connectivity index (χ2n) is 8.64. The zero-order valence-corrected chi connectivity index (χ0v) is 19.2. The van der Waals surface area contributed by atoms with Crippen molar-refractivity contribution in [1.29, 1.82) is 0 Å². The molecule has 3 rings (SSSR count). The zero-order chi connectivity index (χ0) is 22.4. The van der Waals surface area contributed by atoms with E-state index >= 15 is 0 Å². The summed E-state index contributed by atoms with van der Waals surface area (Å²) in [7, 11) is 0. The van der Waals surface area contributed by atoms with Crippen LogP contribution in [0.4, 0.5) is 5.69 Å². The summed E-state index contributed by atoms with van der Waals surface area (Å²) in [5.74, 6) is 0.465. The Labute approximate surface area is 186 Å². The van der Waals surface area contributed by atoms with E-state index in [1.807, 2.05) is 26.0 Å². The lowest BCUT2D eigenvalue weighted by molar-refractivity contribution is -0.117. The summed E-state index contributed by atoms with van der Waals surface area (Å²) in [6.07, 6.45) is 2.29. The van der Waals surface area contributed by atoms with Crippen molar-refractivity contribution in [3.05, 3.63) is 65.2 Å². The fourth-order valence-corrected chi connectivity index (χ4v) is 3.80. The van der Waals surface area contributed by atoms with Crippen molar-refractivity contribution in [3.63, 3.8) is 0 Å². The number of benzene rings is 2. The van der Waals surface area contributed by atoms with Crippen LogP contribution in [0.1, 0.15) is 67.9 Å². The first kappa shape index (κ1) is 23.0. The average molecular weight is 422 g/mol. The van der Waals surface area contributed by atoms with Gasteiger partial charge >= 0.3 is 0 Å². The molecular weight excluding hydrogens is 386 g/mol. The van der Waals surface area contributed by atoms with Crippen LogP contribution >= 0.6 is 0 Å². The average Bonchev–Trinajstić information content (AvgIpc) is 3.60. The van der Waals surface area contributed by atoms with Crippen LogP contribution < -0.4 is 5.32 Å². The first-order chi connectivity index (χ1) is 14.9. The van der Waals surface area contributed by atoms with E-state index in [1.165, 1.54) is 11.1 Å². The molecule has 166 valence electrons. The zero-order valence-electron chi connectivity index (χ0n) is 19.2. The van der Waals surface area contributed by atoms with E-state index < -0.39 is 0 Å². The monoisotopic (exact) mass is 421 g/mol. The van der Waals surface area contributed by atoms with Crippen LogP contribution in [0.5, 0.6) is 0 Å².